The molecule has 2 aliphatic heterocycles. The van der Waals surface area contributed by atoms with E-state index >= 15 is 0 Å². The minimum absolute atomic E-state index is 0.0146. The first-order valence-corrected chi connectivity index (χ1v) is 28.6. The number of ketones is 1. The highest BCUT2D eigenvalue weighted by atomic mass is 79.9. The number of likely N-dealkylation sites (tertiary alicyclic amines) is 2. The lowest BCUT2D eigenvalue weighted by molar-refractivity contribution is -0.131. The molecule has 6 aromatic rings. The Balaban J connectivity index is 0.000000183. The molecule has 20 heteroatoms. The quantitative estimate of drug-likeness (QED) is 0.0408. The molecule has 5 N–H and O–H groups in total. The highest BCUT2D eigenvalue weighted by molar-refractivity contribution is 9.09. The van der Waals surface area contributed by atoms with E-state index in [1.807, 2.05) is 24.3 Å². The molecule has 408 valence electrons. The maximum Gasteiger partial charge on any atom is 0.328 e. The number of nitrogens with zero attached hydrogens (tertiary/aromatic N) is 6. The van der Waals surface area contributed by atoms with Crippen LogP contribution in [-0.2, 0) is 16.0 Å². The third kappa shape index (κ3) is 15.4. The summed E-state index contributed by atoms with van der Waals surface area (Å²) in [5, 5.41) is 17.1. The number of anilines is 5. The van der Waals surface area contributed by atoms with Gasteiger partial charge in [-0.1, -0.05) is 67.2 Å². The summed E-state index contributed by atoms with van der Waals surface area (Å²) in [6.07, 6.45) is 19.1. The Hall–Kier alpha value is -5.50. The van der Waals surface area contributed by atoms with E-state index in [2.05, 4.69) is 86.3 Å². The standard InChI is InChI=1S/C29H31BrClFN4O2.C24H27ClFN5O.C4H5BrO2/c1-36-9-6-29(7-10-36)15-19(16-29)17-38-27-14-26-23(12-20(27)11-22(37)3-2-8-30)28(34-18-33-26)35-21-4-5-25(32)24(31)13-21;1-31-6-4-24(5-7-31)11-15(12-24)13-32-22-10-21-17(9-20(22)27)23(29-14-28-21)30-16-2-3-19(26)18(25)8-16;5-3-1-2-4(6)7/h2-5,12-14,18-19H,6-11,15-17H2,1H3,(H,33,34,35);2-3,8-10,14-15H,4-7,11-13,27H2,1H3,(H,28,29,30);1-2H,3H2,(H,6,7)/b3-2+;;2-1+. The number of carbonyl (C=O) groups excluding carboxylic acids is 1. The molecule has 10 rings (SSSR count). The number of piperidine rings is 2. The van der Waals surface area contributed by atoms with Crippen LogP contribution in [0.15, 0.2) is 97.6 Å². The molecule has 0 atom stereocenters. The van der Waals surface area contributed by atoms with Gasteiger partial charge in [-0.3, -0.25) is 4.79 Å². The summed E-state index contributed by atoms with van der Waals surface area (Å²) in [5.74, 6) is 1.67. The third-order valence-corrected chi connectivity index (χ3v) is 16.3. The molecule has 2 spiro atoms. The van der Waals surface area contributed by atoms with Gasteiger partial charge < -0.3 is 40.7 Å². The number of hydrogen-bond acceptors (Lipinski definition) is 13. The van der Waals surface area contributed by atoms with Gasteiger partial charge in [-0.15, -0.1) is 0 Å². The number of nitrogens with two attached hydrogens (primary N) is 1. The minimum Gasteiger partial charge on any atom is -0.493 e. The first kappa shape index (κ1) is 57.7. The number of carboxylic acid groups (broad SMARTS) is 1. The number of nitrogens with one attached hydrogen (secondary N) is 2. The average Bonchev–Trinajstić information content (AvgIpc) is 3.39. The fraction of sp³-hybridized carbons (Fsp3) is 0.404. The lowest BCUT2D eigenvalue weighted by atomic mass is 9.58. The second-order valence-corrected chi connectivity index (χ2v) is 22.8. The molecule has 4 fully saturated rings. The van der Waals surface area contributed by atoms with Crippen LogP contribution in [0.4, 0.5) is 37.5 Å². The largest absolute Gasteiger partial charge is 0.493 e. The molecule has 0 bridgehead atoms. The molecule has 0 amide bonds. The van der Waals surface area contributed by atoms with Gasteiger partial charge in [0.05, 0.1) is 40.0 Å². The van der Waals surface area contributed by atoms with Gasteiger partial charge in [0.15, 0.2) is 5.78 Å². The number of carboxylic acids is 1. The minimum atomic E-state index is -0.903. The van der Waals surface area contributed by atoms with E-state index in [1.54, 1.807) is 24.3 Å². The van der Waals surface area contributed by atoms with Gasteiger partial charge >= 0.3 is 5.97 Å². The number of benzene rings is 4. The van der Waals surface area contributed by atoms with Crippen molar-refractivity contribution in [2.45, 2.75) is 57.8 Å². The monoisotopic (exact) mass is 1220 g/mol. The zero-order valence-corrected chi connectivity index (χ0v) is 47.7. The van der Waals surface area contributed by atoms with E-state index in [9.17, 15) is 18.4 Å². The Morgan fingerprint density at radius 1 is 0.701 bits per heavy atom. The van der Waals surface area contributed by atoms with Crippen LogP contribution in [0.1, 0.15) is 56.9 Å². The number of rotatable bonds is 16. The maximum atomic E-state index is 13.6. The van der Waals surface area contributed by atoms with Crippen molar-refractivity contribution in [2.75, 3.05) is 80.5 Å². The molecule has 14 nitrogen and oxygen atoms in total. The van der Waals surface area contributed by atoms with Gasteiger partial charge in [0.2, 0.25) is 0 Å². The first-order valence-electron chi connectivity index (χ1n) is 25.6. The van der Waals surface area contributed by atoms with Gasteiger partial charge in [-0.2, -0.15) is 0 Å². The SMILES string of the molecule is CN1CCC2(CC1)CC(COc1cc3ncnc(Nc4ccc(F)c(Cl)c4)c3cc1CC(=O)/C=C/CBr)C2.CN1CCC2(CC1)CC(COc1cc3ncnc(Nc4ccc(F)c(Cl)c4)c3cc1N)C2.O=C(O)/C=C/CBr. The second-order valence-electron chi connectivity index (χ2n) is 20.7. The van der Waals surface area contributed by atoms with Gasteiger partial charge in [0.25, 0.3) is 0 Å². The molecular formula is C57H63Br2Cl2F2N9O5. The second kappa shape index (κ2) is 26.4. The smallest absolute Gasteiger partial charge is 0.328 e. The van der Waals surface area contributed by atoms with E-state index < -0.39 is 17.6 Å². The zero-order valence-electron chi connectivity index (χ0n) is 43.0. The third-order valence-electron chi connectivity index (χ3n) is 15.0. The predicted octanol–water partition coefficient (Wildman–Crippen LogP) is 13.0. The van der Waals surface area contributed by atoms with Gasteiger partial charge in [0.1, 0.15) is 47.4 Å². The van der Waals surface area contributed by atoms with Crippen molar-refractivity contribution in [1.29, 1.82) is 0 Å². The van der Waals surface area contributed by atoms with Gasteiger partial charge in [-0.25, -0.2) is 33.5 Å². The molecule has 4 aromatic carbocycles. The van der Waals surface area contributed by atoms with Crippen molar-refractivity contribution >= 4 is 117 Å². The average molecular weight is 1220 g/mol. The lowest BCUT2D eigenvalue weighted by Gasteiger charge is -2.51. The zero-order chi connectivity index (χ0) is 54.7. The molecule has 0 unspecified atom stereocenters. The summed E-state index contributed by atoms with van der Waals surface area (Å²) in [6, 6.07) is 16.3. The van der Waals surface area contributed by atoms with Crippen molar-refractivity contribution in [2.24, 2.45) is 22.7 Å². The number of fused-ring (bicyclic) bond motifs is 2. The number of aromatic nitrogens is 4. The Labute approximate surface area is 474 Å². The summed E-state index contributed by atoms with van der Waals surface area (Å²) in [4.78, 5) is 44.7. The van der Waals surface area contributed by atoms with E-state index in [-0.39, 0.29) is 22.2 Å². The van der Waals surface area contributed by atoms with E-state index in [1.165, 1.54) is 121 Å². The lowest BCUT2D eigenvalue weighted by Crippen LogP contribution is -2.47. The first-order chi connectivity index (χ1) is 37.0. The van der Waals surface area contributed by atoms with Gasteiger partial charge in [-0.05, 0) is 169 Å². The summed E-state index contributed by atoms with van der Waals surface area (Å²) in [6.45, 7) is 6.05. The van der Waals surface area contributed by atoms with E-state index in [4.69, 9.17) is 43.5 Å². The van der Waals surface area contributed by atoms with Crippen LogP contribution in [0.25, 0.3) is 21.8 Å². The Kier molecular flexibility index (Phi) is 19.8. The number of ether oxygens (including phenoxy) is 2. The van der Waals surface area contributed by atoms with Crippen molar-refractivity contribution in [3.8, 4) is 11.5 Å². The number of aliphatic carboxylic acids is 1. The van der Waals surface area contributed by atoms with Crippen LogP contribution in [0.5, 0.6) is 11.5 Å². The highest BCUT2D eigenvalue weighted by Gasteiger charge is 2.46. The molecule has 2 aromatic heterocycles. The summed E-state index contributed by atoms with van der Waals surface area (Å²) in [7, 11) is 4.40. The Morgan fingerprint density at radius 3 is 1.61 bits per heavy atom. The maximum absolute atomic E-state index is 13.6. The van der Waals surface area contributed by atoms with Crippen LogP contribution >= 0.6 is 55.1 Å². The van der Waals surface area contributed by atoms with Crippen LogP contribution in [0.2, 0.25) is 10.0 Å². The van der Waals surface area contributed by atoms with Crippen molar-refractivity contribution in [1.82, 2.24) is 29.7 Å². The fourth-order valence-corrected chi connectivity index (χ4v) is 11.5. The number of alkyl halides is 2. The van der Waals surface area contributed by atoms with E-state index in [0.717, 1.165) is 27.9 Å². The summed E-state index contributed by atoms with van der Waals surface area (Å²) in [5.41, 5.74) is 11.3. The molecule has 4 heterocycles. The Morgan fingerprint density at radius 2 is 1.16 bits per heavy atom. The molecule has 2 saturated heterocycles. The van der Waals surface area contributed by atoms with Crippen molar-refractivity contribution in [3.63, 3.8) is 0 Å². The highest BCUT2D eigenvalue weighted by Crippen LogP contribution is 2.54. The fourth-order valence-electron chi connectivity index (χ4n) is 10.8. The summed E-state index contributed by atoms with van der Waals surface area (Å²) >= 11 is 18.2. The topological polar surface area (TPSA) is 181 Å². The normalized spacial score (nSPS) is 17.4. The van der Waals surface area contributed by atoms with Crippen LogP contribution in [-0.4, -0.2) is 111 Å². The van der Waals surface area contributed by atoms with Crippen LogP contribution in [0, 0.1) is 34.3 Å². The number of nitrogen functional groups attached to an aromatic ring is 1. The molecule has 2 aliphatic carbocycles. The molecule has 0 radical (unpaired) electrons. The number of allylic oxidation sites excluding steroid dienone is 3. The Bertz CT molecular complexity index is 3110. The summed E-state index contributed by atoms with van der Waals surface area (Å²) < 4.78 is 39.6. The van der Waals surface area contributed by atoms with Gasteiger partial charge in [0, 0.05) is 63.0 Å². The number of hydrogen-bond donors (Lipinski definition) is 4. The van der Waals surface area contributed by atoms with Crippen LogP contribution < -0.4 is 25.8 Å². The molecule has 4 aliphatic rings. The number of carbonyl (C=O) groups is 2. The molecule has 2 saturated carbocycles. The van der Waals surface area contributed by atoms with E-state index in [0.29, 0.717) is 92.3 Å². The molecular weight excluding hydrogens is 1160 g/mol. The van der Waals surface area contributed by atoms with Crippen molar-refractivity contribution < 1.29 is 33.0 Å². The van der Waals surface area contributed by atoms with Crippen LogP contribution in [0.3, 0.4) is 0 Å². The predicted molar refractivity (Wildman–Crippen MR) is 310 cm³/mol. The number of halogens is 6. The molecule has 77 heavy (non-hydrogen) atoms. The van der Waals surface area contributed by atoms with Crippen molar-refractivity contribution in [3.05, 3.63) is 125 Å².